The Morgan fingerprint density at radius 3 is 1.94 bits per heavy atom. The molecule has 0 bridgehead atoms. The van der Waals surface area contributed by atoms with E-state index in [1.807, 2.05) is 60.7 Å². The molecule has 11 nitrogen and oxygen atoms in total. The van der Waals surface area contributed by atoms with Gasteiger partial charge >= 0.3 is 12.1 Å². The minimum absolute atomic E-state index is 0.133. The average molecular weight is 663 g/mol. The molecule has 0 radical (unpaired) electrons. The van der Waals surface area contributed by atoms with Crippen molar-refractivity contribution in [2.45, 2.75) is 108 Å². The molecule has 48 heavy (non-hydrogen) atoms. The van der Waals surface area contributed by atoms with Gasteiger partial charge in [-0.25, -0.2) is 9.59 Å². The van der Waals surface area contributed by atoms with E-state index in [1.54, 1.807) is 27.7 Å². The summed E-state index contributed by atoms with van der Waals surface area (Å²) in [5.74, 6) is -3.39. The van der Waals surface area contributed by atoms with Gasteiger partial charge in [0, 0.05) is 19.5 Å². The summed E-state index contributed by atoms with van der Waals surface area (Å²) in [6.45, 7) is 7.11. The third-order valence-corrected chi connectivity index (χ3v) is 9.38. The number of likely N-dealkylation sites (tertiary alicyclic amines) is 1. The number of ether oxygens (including phenoxy) is 1. The largest absolute Gasteiger partial charge is 0.480 e. The van der Waals surface area contributed by atoms with Gasteiger partial charge in [0.25, 0.3) is 0 Å². The van der Waals surface area contributed by atoms with Gasteiger partial charge < -0.3 is 25.4 Å². The second kappa shape index (κ2) is 16.1. The first-order chi connectivity index (χ1) is 22.8. The quantitative estimate of drug-likeness (QED) is 0.316. The lowest BCUT2D eigenvalue weighted by atomic mass is 9.83. The number of carbonyl (C=O) groups is 5. The molecule has 2 fully saturated rings. The number of hydrogen-bond donors (Lipinski definition) is 3. The van der Waals surface area contributed by atoms with Crippen molar-refractivity contribution in [1.29, 1.82) is 0 Å². The molecular formula is C37H50N4O7. The van der Waals surface area contributed by atoms with E-state index < -0.39 is 59.6 Å². The topological polar surface area (TPSA) is 145 Å². The molecule has 0 aromatic heterocycles. The number of rotatable bonds is 11. The molecule has 4 amide bonds. The van der Waals surface area contributed by atoms with E-state index in [-0.39, 0.29) is 11.8 Å². The van der Waals surface area contributed by atoms with Crippen LogP contribution in [0.15, 0.2) is 60.7 Å². The molecule has 1 saturated carbocycles. The molecule has 4 unspecified atom stereocenters. The second-order valence-corrected chi connectivity index (χ2v) is 14.0. The van der Waals surface area contributed by atoms with Gasteiger partial charge in [0.15, 0.2) is 0 Å². The molecule has 1 aliphatic heterocycles. The van der Waals surface area contributed by atoms with Crippen molar-refractivity contribution in [3.63, 3.8) is 0 Å². The Bertz CT molecular complexity index is 1380. The lowest BCUT2D eigenvalue weighted by Crippen LogP contribution is -2.59. The van der Waals surface area contributed by atoms with E-state index in [2.05, 4.69) is 10.6 Å². The summed E-state index contributed by atoms with van der Waals surface area (Å²) in [5.41, 5.74) is 0.734. The van der Waals surface area contributed by atoms with Gasteiger partial charge in [-0.1, -0.05) is 79.9 Å². The minimum atomic E-state index is -1.29. The summed E-state index contributed by atoms with van der Waals surface area (Å²) in [5, 5.41) is 16.1. The Morgan fingerprint density at radius 1 is 0.854 bits per heavy atom. The predicted octanol–water partition coefficient (Wildman–Crippen LogP) is 4.70. The lowest BCUT2D eigenvalue weighted by molar-refractivity contribution is -0.146. The first-order valence-corrected chi connectivity index (χ1v) is 17.0. The van der Waals surface area contributed by atoms with Crippen LogP contribution in [0.25, 0.3) is 0 Å². The zero-order chi connectivity index (χ0) is 35.0. The molecule has 1 heterocycles. The maximum absolute atomic E-state index is 14.3. The summed E-state index contributed by atoms with van der Waals surface area (Å²) >= 11 is 0. The van der Waals surface area contributed by atoms with Gasteiger partial charge in [0.05, 0.1) is 0 Å². The maximum Gasteiger partial charge on any atom is 0.410 e. The smallest absolute Gasteiger partial charge is 0.410 e. The van der Waals surface area contributed by atoms with Crippen molar-refractivity contribution < 1.29 is 33.8 Å². The SMILES string of the molecule is CC(C(=O)NC(C(=O)N1CCCC1C(=O)NC(C(=O)O)C(c1ccccc1)c1ccccc1)C1CCCCC1)N(C)C(=O)OC(C)(C)C. The van der Waals surface area contributed by atoms with E-state index >= 15 is 0 Å². The summed E-state index contributed by atoms with van der Waals surface area (Å²) < 4.78 is 5.43. The fourth-order valence-corrected chi connectivity index (χ4v) is 6.71. The monoisotopic (exact) mass is 662 g/mol. The van der Waals surface area contributed by atoms with Gasteiger partial charge in [-0.2, -0.15) is 0 Å². The zero-order valence-corrected chi connectivity index (χ0v) is 28.7. The number of likely N-dealkylation sites (N-methyl/N-ethyl adjacent to an activating group) is 1. The molecule has 2 aliphatic rings. The van der Waals surface area contributed by atoms with Crippen LogP contribution in [0.2, 0.25) is 0 Å². The number of nitrogens with zero attached hydrogens (tertiary/aromatic N) is 2. The highest BCUT2D eigenvalue weighted by atomic mass is 16.6. The zero-order valence-electron chi connectivity index (χ0n) is 28.7. The Kier molecular flexibility index (Phi) is 12.2. The fourth-order valence-electron chi connectivity index (χ4n) is 6.71. The summed E-state index contributed by atoms with van der Waals surface area (Å²) in [4.78, 5) is 69.9. The molecule has 2 aromatic rings. The van der Waals surface area contributed by atoms with E-state index in [0.717, 1.165) is 43.2 Å². The Labute approximate surface area is 283 Å². The molecule has 2 aromatic carbocycles. The van der Waals surface area contributed by atoms with Crippen molar-refractivity contribution >= 4 is 29.8 Å². The molecule has 1 saturated heterocycles. The molecule has 1 aliphatic carbocycles. The number of carbonyl (C=O) groups excluding carboxylic acids is 4. The van der Waals surface area contributed by atoms with Crippen LogP contribution in [0, 0.1) is 5.92 Å². The number of carboxylic acid groups (broad SMARTS) is 1. The normalized spacial score (nSPS) is 18.8. The molecule has 11 heteroatoms. The molecule has 4 rings (SSSR count). The van der Waals surface area contributed by atoms with Crippen LogP contribution in [0.3, 0.4) is 0 Å². The summed E-state index contributed by atoms with van der Waals surface area (Å²) in [6.07, 6.45) is 4.64. The third-order valence-electron chi connectivity index (χ3n) is 9.38. The minimum Gasteiger partial charge on any atom is -0.480 e. The van der Waals surface area contributed by atoms with Crippen LogP contribution < -0.4 is 10.6 Å². The molecule has 3 N–H and O–H groups in total. The number of benzene rings is 2. The average Bonchev–Trinajstić information content (AvgIpc) is 3.57. The van der Waals surface area contributed by atoms with Crippen LogP contribution in [-0.2, 0) is 23.9 Å². The Morgan fingerprint density at radius 2 is 1.42 bits per heavy atom. The predicted molar refractivity (Wildman–Crippen MR) is 181 cm³/mol. The van der Waals surface area contributed by atoms with Crippen molar-refractivity contribution in [1.82, 2.24) is 20.4 Å². The molecular weight excluding hydrogens is 612 g/mol. The van der Waals surface area contributed by atoms with Crippen molar-refractivity contribution in [2.24, 2.45) is 5.92 Å². The van der Waals surface area contributed by atoms with Crippen LogP contribution in [0.5, 0.6) is 0 Å². The molecule has 4 atom stereocenters. The number of hydrogen-bond acceptors (Lipinski definition) is 6. The lowest BCUT2D eigenvalue weighted by Gasteiger charge is -2.36. The van der Waals surface area contributed by atoms with Crippen molar-refractivity contribution in [2.75, 3.05) is 13.6 Å². The summed E-state index contributed by atoms with van der Waals surface area (Å²) in [7, 11) is 1.48. The van der Waals surface area contributed by atoms with E-state index in [9.17, 15) is 29.1 Å². The van der Waals surface area contributed by atoms with Crippen LogP contribution in [0.1, 0.15) is 89.7 Å². The van der Waals surface area contributed by atoms with Crippen LogP contribution in [0.4, 0.5) is 4.79 Å². The van der Waals surface area contributed by atoms with E-state index in [4.69, 9.17) is 4.74 Å². The van der Waals surface area contributed by atoms with E-state index in [0.29, 0.717) is 19.4 Å². The van der Waals surface area contributed by atoms with Gasteiger partial charge in [-0.05, 0) is 70.4 Å². The maximum atomic E-state index is 14.3. The van der Waals surface area contributed by atoms with Crippen LogP contribution in [-0.4, -0.2) is 88.1 Å². The van der Waals surface area contributed by atoms with Gasteiger partial charge in [0.1, 0.15) is 29.8 Å². The fraction of sp³-hybridized carbons (Fsp3) is 0.541. The second-order valence-electron chi connectivity index (χ2n) is 14.0. The number of aliphatic carboxylic acids is 1. The van der Waals surface area contributed by atoms with Crippen molar-refractivity contribution in [3.05, 3.63) is 71.8 Å². The number of carboxylic acids is 1. The Balaban J connectivity index is 1.55. The Hall–Kier alpha value is -4.41. The standard InChI is InChI=1S/C37H50N4O7/c1-24(40(5)36(47)48-37(2,3)4)32(42)38-30(27-20-13-8-14-21-27)34(44)41-23-15-22-28(41)33(43)39-31(35(45)46)29(25-16-9-6-10-17-25)26-18-11-7-12-19-26/h6-7,9-12,16-19,24,27-31H,8,13-15,20-23H2,1-5H3,(H,38,42)(H,39,43)(H,45,46). The molecule has 0 spiro atoms. The van der Waals surface area contributed by atoms with Crippen LogP contribution >= 0.6 is 0 Å². The number of nitrogens with one attached hydrogen (secondary N) is 2. The number of amides is 4. The third kappa shape index (κ3) is 9.14. The first kappa shape index (κ1) is 36.4. The first-order valence-electron chi connectivity index (χ1n) is 17.0. The van der Waals surface area contributed by atoms with Crippen molar-refractivity contribution in [3.8, 4) is 0 Å². The molecule has 260 valence electrons. The summed E-state index contributed by atoms with van der Waals surface area (Å²) in [6, 6.07) is 14.4. The van der Waals surface area contributed by atoms with Gasteiger partial charge in [0.2, 0.25) is 17.7 Å². The van der Waals surface area contributed by atoms with Gasteiger partial charge in [-0.3, -0.25) is 19.3 Å². The van der Waals surface area contributed by atoms with E-state index in [1.165, 1.54) is 16.8 Å². The highest BCUT2D eigenvalue weighted by molar-refractivity contribution is 5.95. The highest BCUT2D eigenvalue weighted by Crippen LogP contribution is 2.31. The highest BCUT2D eigenvalue weighted by Gasteiger charge is 2.43. The van der Waals surface area contributed by atoms with Gasteiger partial charge in [-0.15, -0.1) is 0 Å².